The Morgan fingerprint density at radius 3 is 2.78 bits per heavy atom. The van der Waals surface area contributed by atoms with Crippen molar-refractivity contribution in [1.82, 2.24) is 24.3 Å². The summed E-state index contributed by atoms with van der Waals surface area (Å²) in [7, 11) is 4.18. The van der Waals surface area contributed by atoms with E-state index in [1.807, 2.05) is 18.1 Å². The predicted molar refractivity (Wildman–Crippen MR) is 129 cm³/mol. The average Bonchev–Trinajstić information content (AvgIpc) is 3.26. The average molecular weight is 438 g/mol. The maximum Gasteiger partial charge on any atom is 0.222 e. The molecule has 1 atom stereocenters. The lowest BCUT2D eigenvalue weighted by Crippen LogP contribution is -2.44. The van der Waals surface area contributed by atoms with E-state index in [0.717, 1.165) is 57.8 Å². The van der Waals surface area contributed by atoms with E-state index >= 15 is 0 Å². The molecule has 0 unspecified atom stereocenters. The molecule has 0 radical (unpaired) electrons. The fourth-order valence-corrected chi connectivity index (χ4v) is 5.28. The molecule has 3 heterocycles. The van der Waals surface area contributed by atoms with Gasteiger partial charge in [0.15, 0.2) is 0 Å². The quantitative estimate of drug-likeness (QED) is 0.662. The van der Waals surface area contributed by atoms with E-state index in [4.69, 9.17) is 0 Å². The maximum absolute atomic E-state index is 12.8. The monoisotopic (exact) mass is 437 g/mol. The Kier molecular flexibility index (Phi) is 7.63. The molecule has 1 aromatic carbocycles. The van der Waals surface area contributed by atoms with Crippen molar-refractivity contribution in [2.75, 3.05) is 40.3 Å². The minimum atomic E-state index is 0.326. The van der Waals surface area contributed by atoms with Crippen molar-refractivity contribution in [3.05, 3.63) is 48.0 Å². The van der Waals surface area contributed by atoms with Crippen molar-refractivity contribution in [3.8, 4) is 5.69 Å². The number of amides is 1. The number of nitrogens with zero attached hydrogens (tertiary/aromatic N) is 5. The highest BCUT2D eigenvalue weighted by atomic mass is 16.2. The van der Waals surface area contributed by atoms with Crippen LogP contribution in [0.15, 0.2) is 36.7 Å². The first-order valence-electron chi connectivity index (χ1n) is 12.3. The Morgan fingerprint density at radius 1 is 1.19 bits per heavy atom. The van der Waals surface area contributed by atoms with E-state index in [-0.39, 0.29) is 0 Å². The molecule has 2 aliphatic heterocycles. The van der Waals surface area contributed by atoms with Crippen LogP contribution in [-0.2, 0) is 11.3 Å². The molecule has 0 N–H and O–H groups in total. The Balaban J connectivity index is 1.28. The number of rotatable bonds is 7. The summed E-state index contributed by atoms with van der Waals surface area (Å²) in [5, 5.41) is 0. The number of hydrogen-bond acceptors (Lipinski definition) is 4. The van der Waals surface area contributed by atoms with Crippen LogP contribution in [0, 0.1) is 12.8 Å². The highest BCUT2D eigenvalue weighted by Crippen LogP contribution is 2.24. The second-order valence-electron chi connectivity index (χ2n) is 9.87. The number of hydrogen-bond donors (Lipinski definition) is 0. The van der Waals surface area contributed by atoms with Crippen molar-refractivity contribution < 1.29 is 4.79 Å². The van der Waals surface area contributed by atoms with E-state index in [9.17, 15) is 4.79 Å². The summed E-state index contributed by atoms with van der Waals surface area (Å²) in [5.41, 5.74) is 2.43. The number of aromatic nitrogens is 2. The summed E-state index contributed by atoms with van der Waals surface area (Å²) in [4.78, 5) is 24.4. The van der Waals surface area contributed by atoms with E-state index in [1.54, 1.807) is 0 Å². The second-order valence-corrected chi connectivity index (χ2v) is 9.87. The van der Waals surface area contributed by atoms with Gasteiger partial charge in [0.2, 0.25) is 5.91 Å². The highest BCUT2D eigenvalue weighted by molar-refractivity contribution is 5.76. The molecule has 174 valence electrons. The van der Waals surface area contributed by atoms with Crippen LogP contribution in [0.25, 0.3) is 5.69 Å². The molecule has 2 aliphatic rings. The fourth-order valence-electron chi connectivity index (χ4n) is 5.28. The molecule has 2 saturated heterocycles. The first kappa shape index (κ1) is 23.0. The minimum absolute atomic E-state index is 0.326. The fraction of sp³-hybridized carbons (Fsp3) is 0.615. The van der Waals surface area contributed by atoms with Crippen LogP contribution in [0.1, 0.15) is 49.9 Å². The minimum Gasteiger partial charge on any atom is -0.343 e. The van der Waals surface area contributed by atoms with Crippen molar-refractivity contribution in [1.29, 1.82) is 0 Å². The summed E-state index contributed by atoms with van der Waals surface area (Å²) in [6.45, 7) is 7.35. The SMILES string of the molecule is Cc1cccc(-n2ccnc2CN2CCC[C@@H](CCC(=O)N(C)C3CCN(C)CC3)C2)c1. The van der Waals surface area contributed by atoms with Crippen LogP contribution in [0.5, 0.6) is 0 Å². The summed E-state index contributed by atoms with van der Waals surface area (Å²) in [6, 6.07) is 8.99. The topological polar surface area (TPSA) is 44.6 Å². The zero-order chi connectivity index (χ0) is 22.5. The Hall–Kier alpha value is -2.18. The molecule has 2 fully saturated rings. The van der Waals surface area contributed by atoms with Crippen LogP contribution >= 0.6 is 0 Å². The van der Waals surface area contributed by atoms with Gasteiger partial charge in [-0.2, -0.15) is 0 Å². The van der Waals surface area contributed by atoms with E-state index in [2.05, 4.69) is 63.8 Å². The van der Waals surface area contributed by atoms with Gasteiger partial charge in [0.25, 0.3) is 0 Å². The number of carbonyl (C=O) groups excluding carboxylic acids is 1. The molecule has 6 nitrogen and oxygen atoms in total. The molecule has 0 spiro atoms. The normalized spacial score (nSPS) is 21.0. The van der Waals surface area contributed by atoms with Crippen molar-refractivity contribution >= 4 is 5.91 Å². The van der Waals surface area contributed by atoms with Crippen molar-refractivity contribution in [2.45, 2.75) is 58.0 Å². The molecule has 0 bridgehead atoms. The van der Waals surface area contributed by atoms with Gasteiger partial charge in [0.1, 0.15) is 5.82 Å². The van der Waals surface area contributed by atoms with Gasteiger partial charge in [-0.15, -0.1) is 0 Å². The molecule has 1 amide bonds. The maximum atomic E-state index is 12.8. The van der Waals surface area contributed by atoms with Gasteiger partial charge < -0.3 is 14.4 Å². The van der Waals surface area contributed by atoms with E-state index in [1.165, 1.54) is 24.1 Å². The molecule has 32 heavy (non-hydrogen) atoms. The van der Waals surface area contributed by atoms with Gasteiger partial charge in [-0.3, -0.25) is 9.69 Å². The summed E-state index contributed by atoms with van der Waals surface area (Å²) >= 11 is 0. The summed E-state index contributed by atoms with van der Waals surface area (Å²) in [6.07, 6.45) is 10.3. The van der Waals surface area contributed by atoms with Crippen LogP contribution in [-0.4, -0.2) is 76.5 Å². The highest BCUT2D eigenvalue weighted by Gasteiger charge is 2.26. The molecule has 0 aliphatic carbocycles. The molecule has 0 saturated carbocycles. The Bertz CT molecular complexity index is 886. The summed E-state index contributed by atoms with van der Waals surface area (Å²) in [5.74, 6) is 2.02. The van der Waals surface area contributed by atoms with Gasteiger partial charge >= 0.3 is 0 Å². The lowest BCUT2D eigenvalue weighted by atomic mass is 9.93. The first-order chi connectivity index (χ1) is 15.5. The molecule has 2 aromatic rings. The molecular formula is C26H39N5O. The Morgan fingerprint density at radius 2 is 2.00 bits per heavy atom. The third kappa shape index (κ3) is 5.78. The van der Waals surface area contributed by atoms with E-state index in [0.29, 0.717) is 24.3 Å². The number of benzene rings is 1. The third-order valence-corrected chi connectivity index (χ3v) is 7.36. The van der Waals surface area contributed by atoms with Crippen molar-refractivity contribution in [3.63, 3.8) is 0 Å². The molecule has 6 heteroatoms. The van der Waals surface area contributed by atoms with Gasteiger partial charge in [-0.25, -0.2) is 4.98 Å². The second kappa shape index (κ2) is 10.6. The molecular weight excluding hydrogens is 398 g/mol. The van der Waals surface area contributed by atoms with Crippen LogP contribution < -0.4 is 0 Å². The predicted octanol–water partition coefficient (Wildman–Crippen LogP) is 3.73. The van der Waals surface area contributed by atoms with Gasteiger partial charge in [-0.05, 0) is 89.3 Å². The Labute approximate surface area is 193 Å². The number of carbonyl (C=O) groups is 1. The number of imidazole rings is 1. The van der Waals surface area contributed by atoms with Crippen LogP contribution in [0.4, 0.5) is 0 Å². The van der Waals surface area contributed by atoms with Crippen LogP contribution in [0.2, 0.25) is 0 Å². The van der Waals surface area contributed by atoms with E-state index < -0.39 is 0 Å². The first-order valence-corrected chi connectivity index (χ1v) is 12.3. The van der Waals surface area contributed by atoms with Crippen LogP contribution in [0.3, 0.4) is 0 Å². The van der Waals surface area contributed by atoms with Gasteiger partial charge in [-0.1, -0.05) is 12.1 Å². The molecule has 1 aromatic heterocycles. The van der Waals surface area contributed by atoms with Gasteiger partial charge in [0, 0.05) is 44.1 Å². The lowest BCUT2D eigenvalue weighted by molar-refractivity contribution is -0.133. The lowest BCUT2D eigenvalue weighted by Gasteiger charge is -2.36. The smallest absolute Gasteiger partial charge is 0.222 e. The number of piperidine rings is 2. The number of aryl methyl sites for hydroxylation is 1. The zero-order valence-electron chi connectivity index (χ0n) is 20.0. The van der Waals surface area contributed by atoms with Gasteiger partial charge in [0.05, 0.1) is 6.54 Å². The number of likely N-dealkylation sites (tertiary alicyclic amines) is 2. The zero-order valence-corrected chi connectivity index (χ0v) is 20.0. The summed E-state index contributed by atoms with van der Waals surface area (Å²) < 4.78 is 2.21. The molecule has 4 rings (SSSR count). The standard InChI is InChI=1S/C26H39N5O/c1-21-6-4-8-24(18-21)31-17-13-27-25(31)20-30-14-5-7-22(19-30)9-10-26(32)29(3)23-11-15-28(2)16-12-23/h4,6,8,13,17-18,22-23H,5,7,9-12,14-16,19-20H2,1-3H3/t22-/m0/s1. The van der Waals surface area contributed by atoms with Crippen molar-refractivity contribution in [2.24, 2.45) is 5.92 Å². The third-order valence-electron chi connectivity index (χ3n) is 7.36. The largest absolute Gasteiger partial charge is 0.343 e.